The summed E-state index contributed by atoms with van der Waals surface area (Å²) in [4.78, 5) is 25.9. The molecule has 0 aromatic heterocycles. The average molecular weight is 399 g/mol. The Bertz CT molecular complexity index is 552. The van der Waals surface area contributed by atoms with Gasteiger partial charge in [0.25, 0.3) is 11.8 Å². The van der Waals surface area contributed by atoms with Crippen LogP contribution in [0.5, 0.6) is 0 Å². The molecule has 2 amide bonds. The monoisotopic (exact) mass is 397 g/mol. The standard InChI is InChI=1S/C16H22Cl3NO4/c1-9(2)15-12(24-5)8-14(22)20(15)13(21)7-11(23-4)6-10(3)16(17,18)19/h7-10,15H,6H2,1-5H3/b11-7+/t10-,15+/m1/s1. The fourth-order valence-electron chi connectivity index (χ4n) is 2.42. The van der Waals surface area contributed by atoms with Crippen molar-refractivity contribution in [2.75, 3.05) is 14.2 Å². The first-order chi connectivity index (χ1) is 11.0. The molecule has 0 spiro atoms. The van der Waals surface area contributed by atoms with Crippen molar-refractivity contribution in [1.82, 2.24) is 4.90 Å². The lowest BCUT2D eigenvalue weighted by molar-refractivity contribution is -0.140. The highest BCUT2D eigenvalue weighted by Crippen LogP contribution is 2.38. The zero-order valence-corrected chi connectivity index (χ0v) is 16.6. The Morgan fingerprint density at radius 3 is 2.33 bits per heavy atom. The highest BCUT2D eigenvalue weighted by molar-refractivity contribution is 6.67. The second-order valence-electron chi connectivity index (χ2n) is 5.95. The van der Waals surface area contributed by atoms with Gasteiger partial charge in [0.15, 0.2) is 3.79 Å². The van der Waals surface area contributed by atoms with E-state index in [1.165, 1.54) is 26.4 Å². The van der Waals surface area contributed by atoms with Gasteiger partial charge in [-0.25, -0.2) is 0 Å². The number of hydrogen-bond acceptors (Lipinski definition) is 4. The number of nitrogens with zero attached hydrogens (tertiary/aromatic N) is 1. The summed E-state index contributed by atoms with van der Waals surface area (Å²) in [6, 6.07) is -0.449. The lowest BCUT2D eigenvalue weighted by atomic mass is 10.0. The van der Waals surface area contributed by atoms with Crippen LogP contribution in [0.25, 0.3) is 0 Å². The maximum Gasteiger partial charge on any atom is 0.257 e. The van der Waals surface area contributed by atoms with Crippen molar-refractivity contribution in [3.63, 3.8) is 0 Å². The lowest BCUT2D eigenvalue weighted by Crippen LogP contribution is -2.42. The van der Waals surface area contributed by atoms with E-state index in [9.17, 15) is 9.59 Å². The summed E-state index contributed by atoms with van der Waals surface area (Å²) in [6.45, 7) is 5.54. The Hall–Kier alpha value is -0.910. The van der Waals surface area contributed by atoms with E-state index in [1.807, 2.05) is 13.8 Å². The minimum Gasteiger partial charge on any atom is -0.501 e. The number of allylic oxidation sites excluding steroid dienone is 1. The second-order valence-corrected chi connectivity index (χ2v) is 8.32. The molecule has 0 fully saturated rings. The van der Waals surface area contributed by atoms with E-state index in [1.54, 1.807) is 6.92 Å². The van der Waals surface area contributed by atoms with Gasteiger partial charge in [-0.05, 0) is 5.92 Å². The number of imide groups is 1. The molecular weight excluding hydrogens is 377 g/mol. The van der Waals surface area contributed by atoms with E-state index in [-0.39, 0.29) is 18.3 Å². The van der Waals surface area contributed by atoms with Crippen molar-refractivity contribution in [2.24, 2.45) is 11.8 Å². The van der Waals surface area contributed by atoms with Crippen LogP contribution in [0.4, 0.5) is 0 Å². The number of ether oxygens (including phenoxy) is 2. The highest BCUT2D eigenvalue weighted by Gasteiger charge is 2.39. The van der Waals surface area contributed by atoms with E-state index in [2.05, 4.69) is 0 Å². The molecule has 0 radical (unpaired) electrons. The molecule has 0 unspecified atom stereocenters. The maximum atomic E-state index is 12.6. The lowest BCUT2D eigenvalue weighted by Gasteiger charge is -2.27. The molecule has 136 valence electrons. The molecule has 0 aromatic carbocycles. The molecule has 1 aliphatic heterocycles. The largest absolute Gasteiger partial charge is 0.501 e. The van der Waals surface area contributed by atoms with E-state index < -0.39 is 21.6 Å². The van der Waals surface area contributed by atoms with Crippen molar-refractivity contribution in [3.8, 4) is 0 Å². The SMILES string of the molecule is COC1=CC(=O)N(C(=O)/C=C(\C[C@@H](C)C(Cl)(Cl)Cl)OC)[C@H]1C(C)C. The van der Waals surface area contributed by atoms with Gasteiger partial charge in [0.05, 0.1) is 20.3 Å². The van der Waals surface area contributed by atoms with Crippen molar-refractivity contribution >= 4 is 46.6 Å². The summed E-state index contributed by atoms with van der Waals surface area (Å²) in [5.74, 6) is -0.479. The molecule has 8 heteroatoms. The first-order valence-corrected chi connectivity index (χ1v) is 8.60. The van der Waals surface area contributed by atoms with Gasteiger partial charge in [-0.2, -0.15) is 0 Å². The first-order valence-electron chi connectivity index (χ1n) is 7.46. The summed E-state index contributed by atoms with van der Waals surface area (Å²) in [7, 11) is 2.90. The van der Waals surface area contributed by atoms with Crippen molar-refractivity contribution in [2.45, 2.75) is 37.0 Å². The topological polar surface area (TPSA) is 55.8 Å². The highest BCUT2D eigenvalue weighted by atomic mass is 35.6. The molecule has 0 saturated heterocycles. The fraction of sp³-hybridized carbons (Fsp3) is 0.625. The van der Waals surface area contributed by atoms with Crippen LogP contribution in [0.3, 0.4) is 0 Å². The van der Waals surface area contributed by atoms with Gasteiger partial charge in [0, 0.05) is 24.5 Å². The molecule has 1 heterocycles. The quantitative estimate of drug-likeness (QED) is 0.387. The van der Waals surface area contributed by atoms with Gasteiger partial charge in [0.1, 0.15) is 11.5 Å². The summed E-state index contributed by atoms with van der Waals surface area (Å²) in [6.07, 6.45) is 2.83. The number of methoxy groups -OCH3 is 2. The van der Waals surface area contributed by atoms with Gasteiger partial charge >= 0.3 is 0 Å². The number of carbonyl (C=O) groups is 2. The molecule has 24 heavy (non-hydrogen) atoms. The normalized spacial score (nSPS) is 20.3. The zero-order chi connectivity index (χ0) is 18.7. The number of alkyl halides is 3. The molecule has 0 bridgehead atoms. The van der Waals surface area contributed by atoms with E-state index in [0.717, 1.165) is 4.90 Å². The van der Waals surface area contributed by atoms with Crippen LogP contribution in [-0.4, -0.2) is 40.8 Å². The van der Waals surface area contributed by atoms with Crippen LogP contribution in [0.1, 0.15) is 27.2 Å². The molecule has 0 saturated carbocycles. The number of amides is 2. The maximum absolute atomic E-state index is 12.6. The first kappa shape index (κ1) is 21.1. The Balaban J connectivity index is 3.00. The molecule has 0 aromatic rings. The third-order valence-electron chi connectivity index (χ3n) is 3.79. The number of hydrogen-bond donors (Lipinski definition) is 0. The van der Waals surface area contributed by atoms with Gasteiger partial charge in [-0.15, -0.1) is 0 Å². The van der Waals surface area contributed by atoms with Crippen LogP contribution in [0, 0.1) is 11.8 Å². The number of halogens is 3. The van der Waals surface area contributed by atoms with Crippen LogP contribution >= 0.6 is 34.8 Å². The molecule has 1 aliphatic rings. The predicted molar refractivity (Wildman–Crippen MR) is 94.7 cm³/mol. The van der Waals surface area contributed by atoms with Crippen LogP contribution in [0.15, 0.2) is 23.7 Å². The van der Waals surface area contributed by atoms with Crippen molar-refractivity contribution in [3.05, 3.63) is 23.7 Å². The Morgan fingerprint density at radius 2 is 1.92 bits per heavy atom. The van der Waals surface area contributed by atoms with Crippen molar-refractivity contribution in [1.29, 1.82) is 0 Å². The van der Waals surface area contributed by atoms with Gasteiger partial charge < -0.3 is 9.47 Å². The summed E-state index contributed by atoms with van der Waals surface area (Å²) in [5.41, 5.74) is 0. The van der Waals surface area contributed by atoms with Crippen molar-refractivity contribution < 1.29 is 19.1 Å². The Labute approximate surface area is 157 Å². The van der Waals surface area contributed by atoms with E-state index >= 15 is 0 Å². The Kier molecular flexibility index (Phi) is 7.44. The van der Waals surface area contributed by atoms with Crippen LogP contribution in [0.2, 0.25) is 0 Å². The van der Waals surface area contributed by atoms with Gasteiger partial charge in [-0.3, -0.25) is 14.5 Å². The minimum atomic E-state index is -1.48. The van der Waals surface area contributed by atoms with Gasteiger partial charge in [-0.1, -0.05) is 55.6 Å². The van der Waals surface area contributed by atoms with E-state index in [0.29, 0.717) is 11.5 Å². The fourth-order valence-corrected chi connectivity index (χ4v) is 2.65. The summed E-state index contributed by atoms with van der Waals surface area (Å²) in [5, 5.41) is 0. The molecule has 0 aliphatic carbocycles. The van der Waals surface area contributed by atoms with Gasteiger partial charge in [0.2, 0.25) is 0 Å². The third-order valence-corrected chi connectivity index (χ3v) is 4.91. The number of carbonyl (C=O) groups excluding carboxylic acids is 2. The molecule has 1 rings (SSSR count). The smallest absolute Gasteiger partial charge is 0.257 e. The molecule has 5 nitrogen and oxygen atoms in total. The summed E-state index contributed by atoms with van der Waals surface area (Å²) < 4.78 is 8.95. The minimum absolute atomic E-state index is 0.00564. The molecule has 0 N–H and O–H groups in total. The molecule has 2 atom stereocenters. The second kappa shape index (κ2) is 8.45. The van der Waals surface area contributed by atoms with Crippen LogP contribution in [-0.2, 0) is 19.1 Å². The van der Waals surface area contributed by atoms with Crippen LogP contribution < -0.4 is 0 Å². The number of rotatable bonds is 6. The van der Waals surface area contributed by atoms with E-state index in [4.69, 9.17) is 44.3 Å². The molecular formula is C16H22Cl3NO4. The zero-order valence-electron chi connectivity index (χ0n) is 14.3. The summed E-state index contributed by atoms with van der Waals surface area (Å²) >= 11 is 17.5. The third kappa shape index (κ3) is 5.04. The predicted octanol–water partition coefficient (Wildman–Crippen LogP) is 3.84. The average Bonchev–Trinajstić information content (AvgIpc) is 2.82. The Morgan fingerprint density at radius 1 is 1.33 bits per heavy atom.